The van der Waals surface area contributed by atoms with Crippen molar-refractivity contribution in [1.29, 1.82) is 0 Å². The van der Waals surface area contributed by atoms with Gasteiger partial charge in [-0.3, -0.25) is 0 Å². The Labute approximate surface area is 142 Å². The molecule has 0 aromatic carbocycles. The third kappa shape index (κ3) is 7.57. The second-order valence-electron chi connectivity index (χ2n) is 5.58. The molecule has 0 saturated carbocycles. The summed E-state index contributed by atoms with van der Waals surface area (Å²) in [6, 6.07) is 0. The number of hydrogen-bond acceptors (Lipinski definition) is 8. The fourth-order valence-electron chi connectivity index (χ4n) is 2.36. The molecular formula is C16H28O8. The summed E-state index contributed by atoms with van der Waals surface area (Å²) in [5.74, 6) is -0.729. The van der Waals surface area contributed by atoms with Crippen LogP contribution in [-0.4, -0.2) is 73.0 Å². The minimum atomic E-state index is -0.561. The third-order valence-electron chi connectivity index (χ3n) is 3.61. The molecule has 2 aliphatic rings. The number of esters is 2. The van der Waals surface area contributed by atoms with E-state index < -0.39 is 24.4 Å². The Morgan fingerprint density at radius 2 is 1.25 bits per heavy atom. The van der Waals surface area contributed by atoms with E-state index in [1.807, 2.05) is 0 Å². The van der Waals surface area contributed by atoms with Gasteiger partial charge in [-0.25, -0.2) is 9.59 Å². The highest BCUT2D eigenvalue weighted by molar-refractivity contribution is 5.75. The molecule has 8 nitrogen and oxygen atoms in total. The molecule has 140 valence electrons. The van der Waals surface area contributed by atoms with Gasteiger partial charge in [0.2, 0.25) is 0 Å². The molecule has 2 N–H and O–H groups in total. The first-order chi connectivity index (χ1) is 11.5. The van der Waals surface area contributed by atoms with Crippen LogP contribution in [0.25, 0.3) is 0 Å². The van der Waals surface area contributed by atoms with Gasteiger partial charge in [-0.2, -0.15) is 0 Å². The highest BCUT2D eigenvalue weighted by Crippen LogP contribution is 2.15. The molecule has 2 rings (SSSR count). The highest BCUT2D eigenvalue weighted by atomic mass is 16.6. The lowest BCUT2D eigenvalue weighted by atomic mass is 10.1. The second kappa shape index (κ2) is 11.4. The van der Waals surface area contributed by atoms with Crippen LogP contribution in [0.1, 0.15) is 39.5 Å². The first kappa shape index (κ1) is 20.8. The molecule has 0 radical (unpaired) electrons. The van der Waals surface area contributed by atoms with Gasteiger partial charge in [0.05, 0.1) is 38.6 Å². The lowest BCUT2D eigenvalue weighted by Crippen LogP contribution is -2.35. The maximum absolute atomic E-state index is 11.1. The molecule has 0 aromatic heterocycles. The van der Waals surface area contributed by atoms with E-state index in [0.29, 0.717) is 52.1 Å². The highest BCUT2D eigenvalue weighted by Gasteiger charge is 2.28. The summed E-state index contributed by atoms with van der Waals surface area (Å²) >= 11 is 0. The van der Waals surface area contributed by atoms with Gasteiger partial charge < -0.3 is 29.2 Å². The van der Waals surface area contributed by atoms with Gasteiger partial charge in [-0.1, -0.05) is 0 Å². The summed E-state index contributed by atoms with van der Waals surface area (Å²) in [4.78, 5) is 22.2. The van der Waals surface area contributed by atoms with Crippen LogP contribution in [0.15, 0.2) is 0 Å². The molecule has 2 fully saturated rings. The minimum absolute atomic E-state index is 0.356. The molecule has 0 bridgehead atoms. The Morgan fingerprint density at radius 1 is 0.875 bits per heavy atom. The summed E-state index contributed by atoms with van der Waals surface area (Å²) in [7, 11) is 0. The fourth-order valence-corrected chi connectivity index (χ4v) is 2.36. The van der Waals surface area contributed by atoms with Crippen LogP contribution < -0.4 is 0 Å². The lowest BCUT2D eigenvalue weighted by Gasteiger charge is -2.24. The average Bonchev–Trinajstić information content (AvgIpc) is 2.56. The number of ether oxygens (including phenoxy) is 4. The van der Waals surface area contributed by atoms with Crippen LogP contribution in [0.2, 0.25) is 0 Å². The number of hydrogen-bond donors (Lipinski definition) is 2. The van der Waals surface area contributed by atoms with E-state index in [-0.39, 0.29) is 11.9 Å². The zero-order chi connectivity index (χ0) is 17.9. The van der Waals surface area contributed by atoms with Gasteiger partial charge in [0.25, 0.3) is 0 Å². The van der Waals surface area contributed by atoms with Crippen molar-refractivity contribution in [2.24, 2.45) is 0 Å². The topological polar surface area (TPSA) is 112 Å². The first-order valence-electron chi connectivity index (χ1n) is 8.40. The lowest BCUT2D eigenvalue weighted by molar-refractivity contribution is -0.164. The summed E-state index contributed by atoms with van der Waals surface area (Å²) in [5, 5.41) is 18.4. The Hall–Kier alpha value is -1.22. The van der Waals surface area contributed by atoms with Crippen molar-refractivity contribution < 1.29 is 38.7 Å². The summed E-state index contributed by atoms with van der Waals surface area (Å²) in [5.41, 5.74) is 0. The molecule has 2 saturated heterocycles. The zero-order valence-corrected chi connectivity index (χ0v) is 14.3. The van der Waals surface area contributed by atoms with Crippen molar-refractivity contribution in [3.63, 3.8) is 0 Å². The monoisotopic (exact) mass is 348 g/mol. The smallest absolute Gasteiger partial charge is 0.335 e. The standard InChI is InChI=1S/2C8H14O4/c2*1-2-11-8(10)7-5-6(9)3-4-12-7/h2*6-7,9H,2-5H2,1H3/t2*6-,7+/m10/s1. The van der Waals surface area contributed by atoms with Crippen LogP contribution in [0.5, 0.6) is 0 Å². The Morgan fingerprint density at radius 3 is 1.54 bits per heavy atom. The molecule has 8 heteroatoms. The number of aliphatic hydroxyl groups excluding tert-OH is 2. The van der Waals surface area contributed by atoms with E-state index in [0.717, 1.165) is 0 Å². The van der Waals surface area contributed by atoms with Crippen molar-refractivity contribution in [3.05, 3.63) is 0 Å². The number of aliphatic hydroxyl groups is 2. The van der Waals surface area contributed by atoms with Crippen molar-refractivity contribution in [2.75, 3.05) is 26.4 Å². The van der Waals surface area contributed by atoms with Gasteiger partial charge in [-0.15, -0.1) is 0 Å². The van der Waals surface area contributed by atoms with Crippen LogP contribution in [0, 0.1) is 0 Å². The van der Waals surface area contributed by atoms with E-state index in [9.17, 15) is 19.8 Å². The first-order valence-corrected chi connectivity index (χ1v) is 8.40. The summed E-state index contributed by atoms with van der Waals surface area (Å²) in [6.45, 7) is 5.08. The van der Waals surface area contributed by atoms with E-state index in [2.05, 4.69) is 0 Å². The summed E-state index contributed by atoms with van der Waals surface area (Å²) < 4.78 is 19.8. The molecule has 0 aromatic rings. The second-order valence-corrected chi connectivity index (χ2v) is 5.58. The molecule has 0 amide bonds. The predicted octanol–water partition coefficient (Wildman–Crippen LogP) is 0.179. The number of carbonyl (C=O) groups excluding carboxylic acids is 2. The Kier molecular flexibility index (Phi) is 9.85. The Bertz CT molecular complexity index is 350. The van der Waals surface area contributed by atoms with Gasteiger partial charge in [0.1, 0.15) is 0 Å². The van der Waals surface area contributed by atoms with Gasteiger partial charge >= 0.3 is 11.9 Å². The van der Waals surface area contributed by atoms with Gasteiger partial charge in [0.15, 0.2) is 12.2 Å². The van der Waals surface area contributed by atoms with Crippen LogP contribution in [0.4, 0.5) is 0 Å². The normalized spacial score (nSPS) is 29.8. The number of rotatable bonds is 4. The van der Waals surface area contributed by atoms with E-state index in [4.69, 9.17) is 18.9 Å². The predicted molar refractivity (Wildman–Crippen MR) is 83.2 cm³/mol. The number of carbonyl (C=O) groups is 2. The molecule has 2 heterocycles. The molecule has 0 spiro atoms. The van der Waals surface area contributed by atoms with E-state index in [1.54, 1.807) is 13.8 Å². The SMILES string of the molecule is CCOC(=O)[C@@H]1C[C@H](O)CCO1.CCOC(=O)[C@H]1C[C@@H](O)CCO1. The maximum atomic E-state index is 11.1. The Balaban J connectivity index is 0.000000240. The van der Waals surface area contributed by atoms with Crippen molar-refractivity contribution >= 4 is 11.9 Å². The average molecular weight is 348 g/mol. The van der Waals surface area contributed by atoms with Crippen LogP contribution in [-0.2, 0) is 28.5 Å². The minimum Gasteiger partial charge on any atom is -0.464 e. The molecular weight excluding hydrogens is 320 g/mol. The van der Waals surface area contributed by atoms with Crippen molar-refractivity contribution in [3.8, 4) is 0 Å². The molecule has 0 aliphatic carbocycles. The van der Waals surface area contributed by atoms with Crippen molar-refractivity contribution in [2.45, 2.75) is 63.9 Å². The molecule has 4 atom stereocenters. The van der Waals surface area contributed by atoms with Gasteiger partial charge in [-0.05, 0) is 26.7 Å². The van der Waals surface area contributed by atoms with E-state index >= 15 is 0 Å². The zero-order valence-electron chi connectivity index (χ0n) is 14.3. The van der Waals surface area contributed by atoms with Crippen LogP contribution in [0.3, 0.4) is 0 Å². The van der Waals surface area contributed by atoms with Crippen molar-refractivity contribution in [1.82, 2.24) is 0 Å². The van der Waals surface area contributed by atoms with Crippen LogP contribution >= 0.6 is 0 Å². The molecule has 24 heavy (non-hydrogen) atoms. The molecule has 0 unspecified atom stereocenters. The third-order valence-corrected chi connectivity index (χ3v) is 3.61. The van der Waals surface area contributed by atoms with Gasteiger partial charge in [0, 0.05) is 12.8 Å². The molecule has 2 aliphatic heterocycles. The fraction of sp³-hybridized carbons (Fsp3) is 0.875. The summed E-state index contributed by atoms with van der Waals surface area (Å²) in [6.07, 6.45) is -0.0348. The quantitative estimate of drug-likeness (QED) is 0.692. The largest absolute Gasteiger partial charge is 0.464 e. The maximum Gasteiger partial charge on any atom is 0.335 e. The van der Waals surface area contributed by atoms with E-state index in [1.165, 1.54) is 0 Å².